The molecule has 0 atom stereocenters. The van der Waals surface area contributed by atoms with Crippen molar-refractivity contribution in [3.05, 3.63) is 0 Å². The van der Waals surface area contributed by atoms with Crippen molar-refractivity contribution in [3.8, 4) is 0 Å². The monoisotopic (exact) mass is 117 g/mol. The highest BCUT2D eigenvalue weighted by Gasteiger charge is 1.89. The van der Waals surface area contributed by atoms with Gasteiger partial charge in [0.15, 0.2) is 0 Å². The topological polar surface area (TPSA) is 76.7 Å². The molecule has 3 N–H and O–H groups in total. The molecule has 0 aliphatic heterocycles. The van der Waals surface area contributed by atoms with Crippen LogP contribution in [0.2, 0.25) is 0 Å². The molecule has 1 amide bonds. The van der Waals surface area contributed by atoms with Crippen molar-refractivity contribution in [2.75, 3.05) is 7.11 Å². The summed E-state index contributed by atoms with van der Waals surface area (Å²) in [6.45, 7) is 0. The first-order valence-electron chi connectivity index (χ1n) is 1.87. The predicted molar refractivity (Wildman–Crippen MR) is 28.2 cm³/mol. The van der Waals surface area contributed by atoms with Crippen LogP contribution in [-0.2, 0) is 4.74 Å². The maximum atomic E-state index is 10.1. The molecule has 0 aromatic rings. The smallest absolute Gasteiger partial charge is 0.412 e. The number of nitrogens with two attached hydrogens (primary N) is 1. The summed E-state index contributed by atoms with van der Waals surface area (Å²) in [5.74, 6) is 4.63. The molecular formula is C3H7N3O2. The molecule has 0 radical (unpaired) electrons. The van der Waals surface area contributed by atoms with Crippen LogP contribution in [0.1, 0.15) is 0 Å². The zero-order valence-electron chi connectivity index (χ0n) is 4.42. The van der Waals surface area contributed by atoms with E-state index in [1.165, 1.54) is 7.11 Å². The molecule has 0 spiro atoms. The van der Waals surface area contributed by atoms with Gasteiger partial charge in [-0.25, -0.2) is 4.79 Å². The number of carbonyl (C=O) groups is 1. The van der Waals surface area contributed by atoms with Crippen molar-refractivity contribution >= 4 is 12.4 Å². The van der Waals surface area contributed by atoms with E-state index in [2.05, 4.69) is 21.0 Å². The molecule has 0 unspecified atom stereocenters. The van der Waals surface area contributed by atoms with E-state index in [-0.39, 0.29) is 0 Å². The Morgan fingerprint density at radius 3 is 3.00 bits per heavy atom. The molecule has 5 heteroatoms. The van der Waals surface area contributed by atoms with Gasteiger partial charge < -0.3 is 10.6 Å². The summed E-state index contributed by atoms with van der Waals surface area (Å²) in [5, 5.41) is 5.09. The highest BCUT2D eigenvalue weighted by atomic mass is 16.5. The molecule has 0 rings (SSSR count). The third kappa shape index (κ3) is 2.95. The Balaban J connectivity index is 3.25. The van der Waals surface area contributed by atoms with E-state index >= 15 is 0 Å². The van der Waals surface area contributed by atoms with Crippen LogP contribution < -0.4 is 11.2 Å². The number of nitrogens with one attached hydrogen (secondary N) is 1. The van der Waals surface area contributed by atoms with Crippen LogP contribution in [0.5, 0.6) is 0 Å². The van der Waals surface area contributed by atoms with Crippen molar-refractivity contribution in [1.82, 2.24) is 5.32 Å². The minimum Gasteiger partial charge on any atom is -0.453 e. The second-order valence-electron chi connectivity index (χ2n) is 0.914. The van der Waals surface area contributed by atoms with Crippen LogP contribution in [0.15, 0.2) is 5.10 Å². The zero-order chi connectivity index (χ0) is 6.41. The van der Waals surface area contributed by atoms with Crippen LogP contribution in [0, 0.1) is 0 Å². The van der Waals surface area contributed by atoms with Crippen molar-refractivity contribution in [2.24, 2.45) is 10.9 Å². The fourth-order valence-corrected chi connectivity index (χ4v) is 0.149. The van der Waals surface area contributed by atoms with Crippen molar-refractivity contribution < 1.29 is 9.53 Å². The number of amides is 1. The normalized spacial score (nSPS) is 9.12. The number of ether oxygens (including phenoxy) is 1. The Bertz CT molecular complexity index is 101. The van der Waals surface area contributed by atoms with E-state index in [4.69, 9.17) is 0 Å². The first kappa shape index (κ1) is 6.74. The van der Waals surface area contributed by atoms with E-state index < -0.39 is 6.09 Å². The Hall–Kier alpha value is -1.26. The van der Waals surface area contributed by atoms with Gasteiger partial charge in [-0.15, -0.1) is 0 Å². The van der Waals surface area contributed by atoms with E-state index in [0.717, 1.165) is 6.34 Å². The molecule has 0 aromatic heterocycles. The average molecular weight is 117 g/mol. The molecule has 0 saturated heterocycles. The highest BCUT2D eigenvalue weighted by Crippen LogP contribution is 1.63. The maximum absolute atomic E-state index is 10.1. The summed E-state index contributed by atoms with van der Waals surface area (Å²) in [6.07, 6.45) is 0.449. The summed E-state index contributed by atoms with van der Waals surface area (Å²) in [5.41, 5.74) is 0. The van der Waals surface area contributed by atoms with Gasteiger partial charge in [0.05, 0.1) is 7.11 Å². The summed E-state index contributed by atoms with van der Waals surface area (Å²) in [6, 6.07) is 0. The lowest BCUT2D eigenvalue weighted by Crippen LogP contribution is -2.21. The molecule has 0 heterocycles. The number of nitrogens with zero attached hydrogens (tertiary/aromatic N) is 1. The standard InChI is InChI=1S/C3H7N3O2/c1-8-3(7)5-2-6-4/h2H,4H2,1H3,(H,5,6,7). The number of hydrazone groups is 1. The molecular weight excluding hydrogens is 110 g/mol. The fraction of sp³-hybridized carbons (Fsp3) is 0.333. The van der Waals surface area contributed by atoms with Gasteiger partial charge in [0.2, 0.25) is 0 Å². The van der Waals surface area contributed by atoms with Gasteiger partial charge in [-0.05, 0) is 0 Å². The Morgan fingerprint density at radius 1 is 2.00 bits per heavy atom. The summed E-state index contributed by atoms with van der Waals surface area (Å²) in [7, 11) is 1.25. The second kappa shape index (κ2) is 3.91. The lowest BCUT2D eigenvalue weighted by molar-refractivity contribution is 0.177. The lowest BCUT2D eigenvalue weighted by Gasteiger charge is -1.92. The number of hydrogen-bond donors (Lipinski definition) is 2. The average Bonchev–Trinajstić information content (AvgIpc) is 1.83. The number of hydrogen-bond acceptors (Lipinski definition) is 4. The minimum atomic E-state index is -0.584. The summed E-state index contributed by atoms with van der Waals surface area (Å²) >= 11 is 0. The number of carbonyl (C=O) groups excluding carboxylic acids is 1. The van der Waals surface area contributed by atoms with Gasteiger partial charge in [0.1, 0.15) is 6.34 Å². The van der Waals surface area contributed by atoms with E-state index in [0.29, 0.717) is 0 Å². The number of methoxy groups -OCH3 is 1. The van der Waals surface area contributed by atoms with E-state index in [1.807, 2.05) is 0 Å². The Labute approximate surface area is 46.5 Å². The Morgan fingerprint density at radius 2 is 2.62 bits per heavy atom. The van der Waals surface area contributed by atoms with Crippen molar-refractivity contribution in [3.63, 3.8) is 0 Å². The van der Waals surface area contributed by atoms with Gasteiger partial charge >= 0.3 is 6.09 Å². The lowest BCUT2D eigenvalue weighted by atomic mass is 11.1. The third-order valence-corrected chi connectivity index (χ3v) is 0.442. The summed E-state index contributed by atoms with van der Waals surface area (Å²) in [4.78, 5) is 10.1. The molecule has 5 nitrogen and oxygen atoms in total. The van der Waals surface area contributed by atoms with Crippen molar-refractivity contribution in [2.45, 2.75) is 0 Å². The van der Waals surface area contributed by atoms with Crippen LogP contribution in [0.4, 0.5) is 4.79 Å². The number of alkyl carbamates (subject to hydrolysis) is 1. The molecule has 0 aliphatic carbocycles. The molecule has 0 aliphatic rings. The first-order valence-corrected chi connectivity index (χ1v) is 1.87. The van der Waals surface area contributed by atoms with Crippen molar-refractivity contribution in [1.29, 1.82) is 0 Å². The van der Waals surface area contributed by atoms with Gasteiger partial charge in [-0.3, -0.25) is 5.32 Å². The van der Waals surface area contributed by atoms with E-state index in [9.17, 15) is 4.79 Å². The molecule has 0 bridgehead atoms. The van der Waals surface area contributed by atoms with Gasteiger partial charge in [0, 0.05) is 0 Å². The highest BCUT2D eigenvalue weighted by molar-refractivity contribution is 5.81. The van der Waals surface area contributed by atoms with Crippen LogP contribution in [0.3, 0.4) is 0 Å². The largest absolute Gasteiger partial charge is 0.453 e. The molecule has 0 fully saturated rings. The second-order valence-corrected chi connectivity index (χ2v) is 0.914. The molecule has 46 valence electrons. The van der Waals surface area contributed by atoms with Gasteiger partial charge in [-0.1, -0.05) is 0 Å². The maximum Gasteiger partial charge on any atom is 0.412 e. The molecule has 8 heavy (non-hydrogen) atoms. The van der Waals surface area contributed by atoms with E-state index in [1.54, 1.807) is 0 Å². The fourth-order valence-electron chi connectivity index (χ4n) is 0.149. The molecule has 0 aromatic carbocycles. The SMILES string of the molecule is COC(=O)N/C=N/N. The van der Waals surface area contributed by atoms with Crippen LogP contribution in [-0.4, -0.2) is 19.5 Å². The third-order valence-electron chi connectivity index (χ3n) is 0.442. The predicted octanol–water partition coefficient (Wildman–Crippen LogP) is -0.756. The van der Waals surface area contributed by atoms with Gasteiger partial charge in [0.25, 0.3) is 0 Å². The van der Waals surface area contributed by atoms with Crippen LogP contribution in [0.25, 0.3) is 0 Å². The van der Waals surface area contributed by atoms with Gasteiger partial charge in [-0.2, -0.15) is 5.10 Å². The quantitative estimate of drug-likeness (QED) is 0.205. The Kier molecular flexibility index (Phi) is 3.30. The minimum absolute atomic E-state index is 0.584. The molecule has 0 saturated carbocycles. The number of rotatable bonds is 1. The summed E-state index contributed by atoms with van der Waals surface area (Å²) < 4.78 is 4.16. The first-order chi connectivity index (χ1) is 3.81. The van der Waals surface area contributed by atoms with Crippen LogP contribution >= 0.6 is 0 Å². The zero-order valence-corrected chi connectivity index (χ0v) is 4.42.